The highest BCUT2D eigenvalue weighted by Gasteiger charge is 2.18. The molecule has 4 heterocycles. The van der Waals surface area contributed by atoms with Gasteiger partial charge >= 0.3 is 0 Å². The first kappa shape index (κ1) is 25.3. The second-order valence-electron chi connectivity index (χ2n) is 11.2. The second kappa shape index (κ2) is 10.2. The van der Waals surface area contributed by atoms with E-state index in [9.17, 15) is 0 Å². The molecule has 0 atom stereocenters. The molecule has 9 rings (SSSR count). The van der Waals surface area contributed by atoms with Crippen molar-refractivity contribution >= 4 is 38.5 Å². The number of imidazole rings is 1. The van der Waals surface area contributed by atoms with Crippen molar-refractivity contribution in [2.75, 3.05) is 0 Å². The monoisotopic (exact) mass is 575 g/mol. The predicted octanol–water partition coefficient (Wildman–Crippen LogP) is 9.65. The van der Waals surface area contributed by atoms with Crippen LogP contribution < -0.4 is 0 Å². The van der Waals surface area contributed by atoms with E-state index in [1.165, 1.54) is 5.56 Å². The Morgan fingerprint density at radius 1 is 0.400 bits per heavy atom. The van der Waals surface area contributed by atoms with Crippen molar-refractivity contribution < 1.29 is 0 Å². The van der Waals surface area contributed by atoms with Crippen LogP contribution in [0.4, 0.5) is 0 Å². The number of hydrogen-bond acceptors (Lipinski definition) is 4. The molecule has 5 nitrogen and oxygen atoms in total. The minimum Gasteiger partial charge on any atom is -0.298 e. The van der Waals surface area contributed by atoms with Gasteiger partial charge < -0.3 is 0 Å². The van der Waals surface area contributed by atoms with Crippen LogP contribution in [0.5, 0.6) is 0 Å². The van der Waals surface area contributed by atoms with E-state index in [-0.39, 0.29) is 0 Å². The van der Waals surface area contributed by atoms with Crippen LogP contribution in [-0.2, 0) is 0 Å². The molecule has 45 heavy (non-hydrogen) atoms. The minimum absolute atomic E-state index is 0.672. The fourth-order valence-electron chi connectivity index (χ4n) is 6.26. The van der Waals surface area contributed by atoms with E-state index in [1.807, 2.05) is 48.5 Å². The molecule has 0 saturated carbocycles. The Morgan fingerprint density at radius 3 is 1.87 bits per heavy atom. The Kier molecular flexibility index (Phi) is 5.74. The first-order chi connectivity index (χ1) is 22.3. The second-order valence-corrected chi connectivity index (χ2v) is 11.2. The van der Waals surface area contributed by atoms with Crippen molar-refractivity contribution in [1.82, 2.24) is 24.3 Å². The molecular formula is C40H25N5. The summed E-state index contributed by atoms with van der Waals surface area (Å²) in [7, 11) is 0. The molecule has 5 aromatic carbocycles. The van der Waals surface area contributed by atoms with Gasteiger partial charge in [-0.05, 0) is 47.5 Å². The van der Waals surface area contributed by atoms with Crippen LogP contribution in [0, 0.1) is 0 Å². The van der Waals surface area contributed by atoms with E-state index in [1.54, 1.807) is 0 Å². The molecule has 0 N–H and O–H groups in total. The third-order valence-electron chi connectivity index (χ3n) is 8.39. The third-order valence-corrected chi connectivity index (χ3v) is 8.39. The molecule has 0 aliphatic heterocycles. The van der Waals surface area contributed by atoms with E-state index < -0.39 is 0 Å². The number of pyridine rings is 2. The van der Waals surface area contributed by atoms with Gasteiger partial charge in [-0.1, -0.05) is 109 Å². The number of para-hydroxylation sites is 2. The van der Waals surface area contributed by atoms with E-state index in [4.69, 9.17) is 19.9 Å². The normalized spacial score (nSPS) is 11.6. The summed E-state index contributed by atoms with van der Waals surface area (Å²) in [5, 5.41) is 2.06. The van der Waals surface area contributed by atoms with Gasteiger partial charge in [-0.3, -0.25) is 4.40 Å². The van der Waals surface area contributed by atoms with E-state index in [0.29, 0.717) is 5.82 Å². The SMILES string of the molecule is c1ccc(-c2cccc(-c3nc(-c4cccc(-c5nc6ccccc6c6nc7ccccn7c56)c4)nc4ccccc34)c2)cc1. The molecule has 5 heteroatoms. The molecule has 0 radical (unpaired) electrons. The van der Waals surface area contributed by atoms with Crippen LogP contribution in [0.15, 0.2) is 152 Å². The highest BCUT2D eigenvalue weighted by Crippen LogP contribution is 2.36. The van der Waals surface area contributed by atoms with E-state index in [2.05, 4.69) is 108 Å². The van der Waals surface area contributed by atoms with Crippen molar-refractivity contribution in [3.05, 3.63) is 152 Å². The largest absolute Gasteiger partial charge is 0.298 e. The molecule has 0 aliphatic rings. The van der Waals surface area contributed by atoms with Crippen LogP contribution in [0.1, 0.15) is 0 Å². The van der Waals surface area contributed by atoms with Crippen LogP contribution in [-0.4, -0.2) is 24.3 Å². The van der Waals surface area contributed by atoms with Gasteiger partial charge in [-0.25, -0.2) is 19.9 Å². The average molecular weight is 576 g/mol. The van der Waals surface area contributed by atoms with Gasteiger partial charge in [0.05, 0.1) is 27.9 Å². The lowest BCUT2D eigenvalue weighted by atomic mass is 9.99. The Hall–Kier alpha value is -6.20. The standard InChI is InChI=1S/C40H25N5/c1-2-12-26(13-3-1)27-14-10-15-28(24-27)36-31-18-4-7-21-34(31)42-40(44-36)30-17-11-16-29(25-30)37-39-38(32-19-5-6-20-33(32)41-37)43-35-22-8-9-23-45(35)39/h1-25H. The van der Waals surface area contributed by atoms with Gasteiger partial charge in [0.1, 0.15) is 11.2 Å². The predicted molar refractivity (Wildman–Crippen MR) is 183 cm³/mol. The van der Waals surface area contributed by atoms with Gasteiger partial charge in [-0.2, -0.15) is 0 Å². The first-order valence-corrected chi connectivity index (χ1v) is 15.0. The van der Waals surface area contributed by atoms with Gasteiger partial charge in [0.15, 0.2) is 5.82 Å². The molecule has 0 amide bonds. The summed E-state index contributed by atoms with van der Waals surface area (Å²) < 4.78 is 2.13. The number of aromatic nitrogens is 5. The molecule has 0 unspecified atom stereocenters. The third kappa shape index (κ3) is 4.25. The van der Waals surface area contributed by atoms with Crippen LogP contribution in [0.25, 0.3) is 83.5 Å². The molecule has 0 saturated heterocycles. The number of fused-ring (bicyclic) bond motifs is 6. The van der Waals surface area contributed by atoms with Crippen LogP contribution in [0.3, 0.4) is 0 Å². The molecule has 9 aromatic rings. The smallest absolute Gasteiger partial charge is 0.160 e. The number of nitrogens with zero attached hydrogens (tertiary/aromatic N) is 5. The zero-order valence-electron chi connectivity index (χ0n) is 24.2. The summed E-state index contributed by atoms with van der Waals surface area (Å²) in [6.45, 7) is 0. The topological polar surface area (TPSA) is 56.0 Å². The fourth-order valence-corrected chi connectivity index (χ4v) is 6.26. The van der Waals surface area contributed by atoms with Gasteiger partial charge in [-0.15, -0.1) is 0 Å². The van der Waals surface area contributed by atoms with Crippen molar-refractivity contribution in [3.63, 3.8) is 0 Å². The maximum Gasteiger partial charge on any atom is 0.160 e. The van der Waals surface area contributed by atoms with Crippen molar-refractivity contribution in [2.45, 2.75) is 0 Å². The van der Waals surface area contributed by atoms with Crippen LogP contribution in [0.2, 0.25) is 0 Å². The lowest BCUT2D eigenvalue weighted by Gasteiger charge is -2.12. The molecule has 0 aliphatic carbocycles. The number of rotatable bonds is 4. The summed E-state index contributed by atoms with van der Waals surface area (Å²) in [6.07, 6.45) is 2.05. The fraction of sp³-hybridized carbons (Fsp3) is 0. The maximum atomic E-state index is 5.21. The Morgan fingerprint density at radius 2 is 1.02 bits per heavy atom. The summed E-state index contributed by atoms with van der Waals surface area (Å²) in [4.78, 5) is 20.5. The molecule has 4 aromatic heterocycles. The Balaban J connectivity index is 1.24. The summed E-state index contributed by atoms with van der Waals surface area (Å²) in [5.41, 5.74) is 11.7. The quantitative estimate of drug-likeness (QED) is 0.210. The zero-order chi connectivity index (χ0) is 29.7. The van der Waals surface area contributed by atoms with Gasteiger partial charge in [0.2, 0.25) is 0 Å². The van der Waals surface area contributed by atoms with Crippen LogP contribution >= 0.6 is 0 Å². The van der Waals surface area contributed by atoms with Gasteiger partial charge in [0, 0.05) is 33.7 Å². The molecular weight excluding hydrogens is 550 g/mol. The Labute approximate surface area is 259 Å². The zero-order valence-corrected chi connectivity index (χ0v) is 24.2. The molecule has 0 fully saturated rings. The number of hydrogen-bond donors (Lipinski definition) is 0. The van der Waals surface area contributed by atoms with Crippen molar-refractivity contribution in [3.8, 4) is 45.0 Å². The number of benzene rings is 5. The lowest BCUT2D eigenvalue weighted by molar-refractivity contribution is 1.22. The highest BCUT2D eigenvalue weighted by atomic mass is 15.0. The molecule has 0 bridgehead atoms. The first-order valence-electron chi connectivity index (χ1n) is 15.0. The lowest BCUT2D eigenvalue weighted by Crippen LogP contribution is -1.96. The molecule has 0 spiro atoms. The van der Waals surface area contributed by atoms with E-state index in [0.717, 1.165) is 72.1 Å². The summed E-state index contributed by atoms with van der Waals surface area (Å²) in [5.74, 6) is 0.672. The van der Waals surface area contributed by atoms with E-state index >= 15 is 0 Å². The highest BCUT2D eigenvalue weighted by molar-refractivity contribution is 6.09. The molecule has 210 valence electrons. The van der Waals surface area contributed by atoms with Crippen molar-refractivity contribution in [2.24, 2.45) is 0 Å². The van der Waals surface area contributed by atoms with Gasteiger partial charge in [0.25, 0.3) is 0 Å². The average Bonchev–Trinajstić information content (AvgIpc) is 3.51. The summed E-state index contributed by atoms with van der Waals surface area (Å²) >= 11 is 0. The Bertz CT molecular complexity index is 2550. The van der Waals surface area contributed by atoms with Crippen molar-refractivity contribution in [1.29, 1.82) is 0 Å². The minimum atomic E-state index is 0.672. The maximum absolute atomic E-state index is 5.21. The summed E-state index contributed by atoms with van der Waals surface area (Å²) in [6, 6.07) is 49.9.